The van der Waals surface area contributed by atoms with E-state index in [1.54, 1.807) is 30.8 Å². The van der Waals surface area contributed by atoms with Crippen molar-refractivity contribution in [2.75, 3.05) is 11.9 Å². The standard InChI is InChI=1S/C21H22N4O4S/c1-4-14-22-30(28,29)18-12-10-16(11-13-18)20(26)23-19-15(2)24(3)25(21(19)27)17-8-6-5-7-9-17/h4-13,22H,1,14H2,2-3H3,(H,23,26). The lowest BCUT2D eigenvalue weighted by molar-refractivity contribution is 0.102. The summed E-state index contributed by atoms with van der Waals surface area (Å²) in [5.74, 6) is -0.510. The van der Waals surface area contributed by atoms with Gasteiger partial charge in [-0.05, 0) is 43.3 Å². The van der Waals surface area contributed by atoms with Gasteiger partial charge in [0, 0.05) is 19.2 Å². The van der Waals surface area contributed by atoms with Crippen molar-refractivity contribution in [2.24, 2.45) is 7.05 Å². The molecule has 1 amide bonds. The Labute approximate surface area is 174 Å². The van der Waals surface area contributed by atoms with Crippen molar-refractivity contribution in [3.8, 4) is 5.69 Å². The molecule has 3 rings (SSSR count). The van der Waals surface area contributed by atoms with Gasteiger partial charge in [-0.3, -0.25) is 14.3 Å². The Morgan fingerprint density at radius 3 is 2.33 bits per heavy atom. The van der Waals surface area contributed by atoms with Crippen LogP contribution in [-0.4, -0.2) is 30.2 Å². The van der Waals surface area contributed by atoms with E-state index in [0.29, 0.717) is 11.4 Å². The summed E-state index contributed by atoms with van der Waals surface area (Å²) in [7, 11) is -1.95. The lowest BCUT2D eigenvalue weighted by Gasteiger charge is -2.07. The van der Waals surface area contributed by atoms with Crippen molar-refractivity contribution < 1.29 is 13.2 Å². The topological polar surface area (TPSA) is 102 Å². The molecular weight excluding hydrogens is 404 g/mol. The third kappa shape index (κ3) is 4.12. The molecule has 2 N–H and O–H groups in total. The van der Waals surface area contributed by atoms with E-state index in [2.05, 4.69) is 16.6 Å². The quantitative estimate of drug-likeness (QED) is 0.566. The third-order valence-corrected chi connectivity index (χ3v) is 6.08. The second kappa shape index (κ2) is 8.52. The van der Waals surface area contributed by atoms with Crippen LogP contribution in [0.15, 0.2) is 76.9 Å². The number of carbonyl (C=O) groups excluding carboxylic acids is 1. The summed E-state index contributed by atoms with van der Waals surface area (Å²) in [5.41, 5.74) is 1.30. The molecule has 0 radical (unpaired) electrons. The molecule has 0 atom stereocenters. The van der Waals surface area contributed by atoms with Gasteiger partial charge >= 0.3 is 0 Å². The number of hydrogen-bond donors (Lipinski definition) is 2. The van der Waals surface area contributed by atoms with Gasteiger partial charge in [-0.1, -0.05) is 24.3 Å². The first-order valence-corrected chi connectivity index (χ1v) is 10.6. The largest absolute Gasteiger partial charge is 0.316 e. The first-order chi connectivity index (χ1) is 14.3. The van der Waals surface area contributed by atoms with Gasteiger partial charge in [-0.25, -0.2) is 17.8 Å². The molecule has 0 aliphatic heterocycles. The highest BCUT2D eigenvalue weighted by molar-refractivity contribution is 7.89. The van der Waals surface area contributed by atoms with Crippen molar-refractivity contribution >= 4 is 21.6 Å². The zero-order valence-electron chi connectivity index (χ0n) is 16.6. The molecule has 8 nitrogen and oxygen atoms in total. The number of rotatable bonds is 7. The molecular formula is C21H22N4O4S. The van der Waals surface area contributed by atoms with E-state index in [9.17, 15) is 18.0 Å². The van der Waals surface area contributed by atoms with Gasteiger partial charge in [0.05, 0.1) is 16.3 Å². The van der Waals surface area contributed by atoms with Crippen molar-refractivity contribution in [1.82, 2.24) is 14.1 Å². The summed E-state index contributed by atoms with van der Waals surface area (Å²) in [5, 5.41) is 2.65. The van der Waals surface area contributed by atoms with E-state index in [1.165, 1.54) is 35.0 Å². The average molecular weight is 426 g/mol. The maximum atomic E-state index is 12.9. The Kier molecular flexibility index (Phi) is 6.04. The second-order valence-electron chi connectivity index (χ2n) is 6.56. The van der Waals surface area contributed by atoms with Crippen molar-refractivity contribution in [3.63, 3.8) is 0 Å². The molecule has 3 aromatic rings. The highest BCUT2D eigenvalue weighted by atomic mass is 32.2. The minimum Gasteiger partial charge on any atom is -0.316 e. The summed E-state index contributed by atoms with van der Waals surface area (Å²) in [6.45, 7) is 5.30. The van der Waals surface area contributed by atoms with Crippen LogP contribution in [0.2, 0.25) is 0 Å². The molecule has 0 aliphatic carbocycles. The number of nitrogens with zero attached hydrogens (tertiary/aromatic N) is 2. The predicted octanol–water partition coefficient (Wildman–Crippen LogP) is 2.20. The van der Waals surface area contributed by atoms with Crippen LogP contribution < -0.4 is 15.6 Å². The Morgan fingerprint density at radius 2 is 1.73 bits per heavy atom. The highest BCUT2D eigenvalue weighted by Crippen LogP contribution is 2.16. The van der Waals surface area contributed by atoms with E-state index in [1.807, 2.05) is 18.2 Å². The Balaban J connectivity index is 1.87. The molecule has 9 heteroatoms. The van der Waals surface area contributed by atoms with Gasteiger partial charge in [-0.2, -0.15) is 0 Å². The van der Waals surface area contributed by atoms with E-state index in [4.69, 9.17) is 0 Å². The molecule has 0 unspecified atom stereocenters. The van der Waals surface area contributed by atoms with Gasteiger partial charge in [-0.15, -0.1) is 6.58 Å². The maximum absolute atomic E-state index is 12.9. The minimum absolute atomic E-state index is 0.0308. The maximum Gasteiger partial charge on any atom is 0.295 e. The molecule has 1 aromatic heterocycles. The number of benzene rings is 2. The molecule has 1 heterocycles. The predicted molar refractivity (Wildman–Crippen MR) is 116 cm³/mol. The highest BCUT2D eigenvalue weighted by Gasteiger charge is 2.19. The van der Waals surface area contributed by atoms with Gasteiger partial charge in [0.15, 0.2) is 0 Å². The first-order valence-electron chi connectivity index (χ1n) is 9.12. The Bertz CT molecular complexity index is 1240. The van der Waals surface area contributed by atoms with Gasteiger partial charge < -0.3 is 5.32 Å². The number of amides is 1. The van der Waals surface area contributed by atoms with Crippen LogP contribution in [0.4, 0.5) is 5.69 Å². The number of carbonyl (C=O) groups is 1. The zero-order chi connectivity index (χ0) is 21.9. The molecule has 30 heavy (non-hydrogen) atoms. The summed E-state index contributed by atoms with van der Waals surface area (Å²) >= 11 is 0. The van der Waals surface area contributed by atoms with Crippen LogP contribution >= 0.6 is 0 Å². The van der Waals surface area contributed by atoms with Crippen LogP contribution in [0.25, 0.3) is 5.69 Å². The van der Waals surface area contributed by atoms with Crippen LogP contribution in [0.3, 0.4) is 0 Å². The number of anilines is 1. The second-order valence-corrected chi connectivity index (χ2v) is 8.32. The lowest BCUT2D eigenvalue weighted by atomic mass is 10.2. The summed E-state index contributed by atoms with van der Waals surface area (Å²) in [6.07, 6.45) is 1.43. The molecule has 0 spiro atoms. The Hall–Kier alpha value is -3.43. The van der Waals surface area contributed by atoms with Crippen molar-refractivity contribution in [3.05, 3.63) is 88.9 Å². The van der Waals surface area contributed by atoms with E-state index in [-0.39, 0.29) is 28.3 Å². The lowest BCUT2D eigenvalue weighted by Crippen LogP contribution is -2.24. The van der Waals surface area contributed by atoms with Gasteiger partial charge in [0.25, 0.3) is 11.5 Å². The third-order valence-electron chi connectivity index (χ3n) is 4.64. The van der Waals surface area contributed by atoms with Crippen LogP contribution in [-0.2, 0) is 17.1 Å². The van der Waals surface area contributed by atoms with Crippen LogP contribution in [0.5, 0.6) is 0 Å². The molecule has 2 aromatic carbocycles. The number of nitrogens with one attached hydrogen (secondary N) is 2. The van der Waals surface area contributed by atoms with Crippen LogP contribution in [0, 0.1) is 6.92 Å². The fraction of sp³-hybridized carbons (Fsp3) is 0.143. The molecule has 156 valence electrons. The monoisotopic (exact) mass is 426 g/mol. The summed E-state index contributed by atoms with van der Waals surface area (Å²) < 4.78 is 29.7. The first kappa shape index (κ1) is 21.3. The molecule has 0 saturated carbocycles. The number of sulfonamides is 1. The van der Waals surface area contributed by atoms with E-state index in [0.717, 1.165) is 0 Å². The fourth-order valence-corrected chi connectivity index (χ4v) is 3.93. The molecule has 0 aliphatic rings. The van der Waals surface area contributed by atoms with Gasteiger partial charge in [0.1, 0.15) is 5.69 Å². The fourth-order valence-electron chi connectivity index (χ4n) is 2.94. The van der Waals surface area contributed by atoms with Crippen molar-refractivity contribution in [1.29, 1.82) is 0 Å². The summed E-state index contributed by atoms with van der Waals surface area (Å²) in [6, 6.07) is 14.5. The minimum atomic E-state index is -3.68. The normalized spacial score (nSPS) is 11.3. The van der Waals surface area contributed by atoms with Crippen LogP contribution in [0.1, 0.15) is 16.1 Å². The number of hydrogen-bond acceptors (Lipinski definition) is 4. The molecule has 0 fully saturated rings. The molecule has 0 bridgehead atoms. The Morgan fingerprint density at radius 1 is 1.10 bits per heavy atom. The summed E-state index contributed by atoms with van der Waals surface area (Å²) in [4.78, 5) is 25.6. The SMILES string of the molecule is C=CCNS(=O)(=O)c1ccc(C(=O)Nc2c(C)n(C)n(-c3ccccc3)c2=O)cc1. The molecule has 0 saturated heterocycles. The van der Waals surface area contributed by atoms with E-state index < -0.39 is 15.9 Å². The number of para-hydroxylation sites is 1. The smallest absolute Gasteiger partial charge is 0.295 e. The average Bonchev–Trinajstić information content (AvgIpc) is 2.96. The number of aromatic nitrogens is 2. The van der Waals surface area contributed by atoms with Crippen molar-refractivity contribution in [2.45, 2.75) is 11.8 Å². The van der Waals surface area contributed by atoms with Gasteiger partial charge in [0.2, 0.25) is 10.0 Å². The van der Waals surface area contributed by atoms with E-state index >= 15 is 0 Å². The zero-order valence-corrected chi connectivity index (χ0v) is 17.4.